The zero-order valence-corrected chi connectivity index (χ0v) is 11.3. The number of benzene rings is 1. The molecule has 1 amide bonds. The van der Waals surface area contributed by atoms with Crippen LogP contribution in [0, 0.1) is 13.8 Å². The fourth-order valence-electron chi connectivity index (χ4n) is 2.40. The average Bonchev–Trinajstić information content (AvgIpc) is 2.52. The number of anilines is 1. The summed E-state index contributed by atoms with van der Waals surface area (Å²) in [4.78, 5) is 24.2. The van der Waals surface area contributed by atoms with E-state index in [4.69, 9.17) is 9.84 Å². The molecular weight excluding hydrogens is 246 g/mol. The lowest BCUT2D eigenvalue weighted by Gasteiger charge is -2.20. The fraction of sp³-hybridized carbons (Fsp3) is 0.429. The lowest BCUT2D eigenvalue weighted by atomic mass is 10.0. The number of aliphatic carboxylic acids is 1. The van der Waals surface area contributed by atoms with Crippen LogP contribution in [0.25, 0.3) is 0 Å². The van der Waals surface area contributed by atoms with Gasteiger partial charge in [-0.1, -0.05) is 17.7 Å². The van der Waals surface area contributed by atoms with Crippen molar-refractivity contribution in [2.45, 2.75) is 32.8 Å². The monoisotopic (exact) mass is 263 g/mol. The van der Waals surface area contributed by atoms with Crippen LogP contribution >= 0.6 is 0 Å². The predicted molar refractivity (Wildman–Crippen MR) is 70.4 cm³/mol. The highest BCUT2D eigenvalue weighted by Gasteiger charge is 2.43. The van der Waals surface area contributed by atoms with Crippen molar-refractivity contribution in [3.63, 3.8) is 0 Å². The second-order valence-corrected chi connectivity index (χ2v) is 5.26. The lowest BCUT2D eigenvalue weighted by molar-refractivity contribution is -0.140. The standard InChI is InChI=1S/C14H17NO4/c1-9-4-5-11(10(2)6-9)15-8-14(3,7-12(16)17)19-13(15)18/h4-6H,7-8H2,1-3H3,(H,16,17). The van der Waals surface area contributed by atoms with Crippen molar-refractivity contribution in [1.82, 2.24) is 0 Å². The number of carbonyl (C=O) groups is 2. The Labute approximate surface area is 111 Å². The second-order valence-electron chi connectivity index (χ2n) is 5.26. The first kappa shape index (κ1) is 13.4. The van der Waals surface area contributed by atoms with Crippen LogP contribution in [0.15, 0.2) is 18.2 Å². The van der Waals surface area contributed by atoms with Crippen LogP contribution in [0.1, 0.15) is 24.5 Å². The van der Waals surface area contributed by atoms with Gasteiger partial charge in [-0.15, -0.1) is 0 Å². The van der Waals surface area contributed by atoms with Crippen molar-refractivity contribution in [2.24, 2.45) is 0 Å². The minimum absolute atomic E-state index is 0.194. The van der Waals surface area contributed by atoms with E-state index >= 15 is 0 Å². The fourth-order valence-corrected chi connectivity index (χ4v) is 2.40. The third-order valence-electron chi connectivity index (χ3n) is 3.21. The summed E-state index contributed by atoms with van der Waals surface area (Å²) in [5.41, 5.74) is 1.88. The minimum Gasteiger partial charge on any atom is -0.481 e. The molecule has 0 radical (unpaired) electrons. The normalized spacial score (nSPS) is 22.5. The quantitative estimate of drug-likeness (QED) is 0.909. The molecule has 1 aliphatic heterocycles. The van der Waals surface area contributed by atoms with Gasteiger partial charge in [0.15, 0.2) is 0 Å². The summed E-state index contributed by atoms with van der Waals surface area (Å²) < 4.78 is 5.22. The Morgan fingerprint density at radius 3 is 2.74 bits per heavy atom. The highest BCUT2D eigenvalue weighted by atomic mass is 16.6. The number of cyclic esters (lactones) is 1. The Balaban J connectivity index is 2.27. The van der Waals surface area contributed by atoms with Crippen molar-refractivity contribution in [2.75, 3.05) is 11.4 Å². The predicted octanol–water partition coefficient (Wildman–Crippen LogP) is 2.49. The summed E-state index contributed by atoms with van der Waals surface area (Å²) in [5.74, 6) is -0.974. The van der Waals surface area contributed by atoms with Crippen molar-refractivity contribution < 1.29 is 19.4 Å². The maximum atomic E-state index is 11.9. The van der Waals surface area contributed by atoms with Crippen molar-refractivity contribution in [3.05, 3.63) is 29.3 Å². The van der Waals surface area contributed by atoms with Crippen LogP contribution in [0.5, 0.6) is 0 Å². The van der Waals surface area contributed by atoms with Crippen molar-refractivity contribution in [3.8, 4) is 0 Å². The molecule has 1 saturated heterocycles. The smallest absolute Gasteiger partial charge is 0.415 e. The number of hydrogen-bond acceptors (Lipinski definition) is 3. The third kappa shape index (κ3) is 2.70. The molecular formula is C14H17NO4. The summed E-state index contributed by atoms with van der Waals surface area (Å²) in [5, 5.41) is 8.86. The summed E-state index contributed by atoms with van der Waals surface area (Å²) in [7, 11) is 0. The van der Waals surface area contributed by atoms with Crippen LogP contribution in [0.3, 0.4) is 0 Å². The molecule has 1 aliphatic rings. The highest BCUT2D eigenvalue weighted by molar-refractivity contribution is 5.91. The SMILES string of the molecule is Cc1ccc(N2CC(C)(CC(=O)O)OC2=O)c(C)c1. The number of carboxylic acids is 1. The number of carboxylic acid groups (broad SMARTS) is 1. The molecule has 1 aromatic rings. The molecule has 0 spiro atoms. The summed E-state index contributed by atoms with van der Waals surface area (Å²) in [6.07, 6.45) is -0.684. The maximum absolute atomic E-state index is 11.9. The Hall–Kier alpha value is -2.04. The first-order chi connectivity index (χ1) is 8.81. The van der Waals surface area contributed by atoms with Crippen molar-refractivity contribution >= 4 is 17.7 Å². The molecule has 1 heterocycles. The largest absolute Gasteiger partial charge is 0.481 e. The molecule has 1 atom stereocenters. The number of carbonyl (C=O) groups excluding carboxylic acids is 1. The summed E-state index contributed by atoms with van der Waals surface area (Å²) in [6.45, 7) is 5.79. The van der Waals surface area contributed by atoms with Crippen LogP contribution in [0.4, 0.5) is 10.5 Å². The molecule has 5 heteroatoms. The van der Waals surface area contributed by atoms with E-state index in [-0.39, 0.29) is 13.0 Å². The zero-order chi connectivity index (χ0) is 14.2. The van der Waals surface area contributed by atoms with E-state index in [0.717, 1.165) is 16.8 Å². The van der Waals surface area contributed by atoms with E-state index in [1.54, 1.807) is 6.92 Å². The van der Waals surface area contributed by atoms with Gasteiger partial charge in [0, 0.05) is 0 Å². The number of rotatable bonds is 3. The molecule has 19 heavy (non-hydrogen) atoms. The van der Waals surface area contributed by atoms with Gasteiger partial charge in [0.1, 0.15) is 5.60 Å². The van der Waals surface area contributed by atoms with Crippen molar-refractivity contribution in [1.29, 1.82) is 0 Å². The van der Waals surface area contributed by atoms with Gasteiger partial charge in [0.05, 0.1) is 18.7 Å². The average molecular weight is 263 g/mol. The van der Waals surface area contributed by atoms with Gasteiger partial charge in [-0.2, -0.15) is 0 Å². The molecule has 0 bridgehead atoms. The van der Waals surface area contributed by atoms with Crippen LogP contribution in [0.2, 0.25) is 0 Å². The Bertz CT molecular complexity index is 540. The molecule has 1 fully saturated rings. The van der Waals surface area contributed by atoms with E-state index in [2.05, 4.69) is 0 Å². The molecule has 102 valence electrons. The first-order valence-electron chi connectivity index (χ1n) is 6.10. The molecule has 0 aliphatic carbocycles. The van der Waals surface area contributed by atoms with E-state index in [1.165, 1.54) is 4.90 Å². The number of nitrogens with zero attached hydrogens (tertiary/aromatic N) is 1. The number of hydrogen-bond donors (Lipinski definition) is 1. The number of aryl methyl sites for hydroxylation is 2. The van der Waals surface area contributed by atoms with Crippen LogP contribution in [-0.4, -0.2) is 29.3 Å². The molecule has 2 rings (SSSR count). The van der Waals surface area contributed by atoms with Gasteiger partial charge in [0.2, 0.25) is 0 Å². The maximum Gasteiger partial charge on any atom is 0.415 e. The topological polar surface area (TPSA) is 66.8 Å². The van der Waals surface area contributed by atoms with Gasteiger partial charge >= 0.3 is 12.1 Å². The van der Waals surface area contributed by atoms with Crippen LogP contribution < -0.4 is 4.90 Å². The third-order valence-corrected chi connectivity index (χ3v) is 3.21. The van der Waals surface area contributed by atoms with Gasteiger partial charge in [-0.25, -0.2) is 4.79 Å². The number of ether oxygens (including phenoxy) is 1. The molecule has 0 aromatic heterocycles. The zero-order valence-electron chi connectivity index (χ0n) is 11.3. The van der Waals surface area contributed by atoms with Gasteiger partial charge in [-0.05, 0) is 32.4 Å². The first-order valence-corrected chi connectivity index (χ1v) is 6.10. The highest BCUT2D eigenvalue weighted by Crippen LogP contribution is 2.32. The second kappa shape index (κ2) is 4.57. The Kier molecular flexibility index (Phi) is 3.22. The van der Waals surface area contributed by atoms with Crippen LogP contribution in [-0.2, 0) is 9.53 Å². The molecule has 1 unspecified atom stereocenters. The molecule has 5 nitrogen and oxygen atoms in total. The van der Waals surface area contributed by atoms with Gasteiger partial charge < -0.3 is 9.84 Å². The molecule has 0 saturated carbocycles. The Morgan fingerprint density at radius 2 is 2.16 bits per heavy atom. The lowest BCUT2D eigenvalue weighted by Crippen LogP contribution is -2.33. The van der Waals surface area contributed by atoms with Gasteiger partial charge in [-0.3, -0.25) is 9.69 Å². The van der Waals surface area contributed by atoms with Gasteiger partial charge in [0.25, 0.3) is 0 Å². The van der Waals surface area contributed by atoms with E-state index in [1.807, 2.05) is 32.0 Å². The minimum atomic E-state index is -0.974. The Morgan fingerprint density at radius 1 is 1.47 bits per heavy atom. The molecule has 1 N–H and O–H groups in total. The van der Waals surface area contributed by atoms with E-state index < -0.39 is 17.7 Å². The van der Waals surface area contributed by atoms with E-state index in [9.17, 15) is 9.59 Å². The summed E-state index contributed by atoms with van der Waals surface area (Å²) in [6, 6.07) is 5.76. The summed E-state index contributed by atoms with van der Waals surface area (Å²) >= 11 is 0. The number of amides is 1. The van der Waals surface area contributed by atoms with E-state index in [0.29, 0.717) is 0 Å². The molecule has 1 aromatic carbocycles.